The van der Waals surface area contributed by atoms with Gasteiger partial charge >= 0.3 is 5.69 Å². The molecule has 1 aromatic carbocycles. The Morgan fingerprint density at radius 1 is 1.14 bits per heavy atom. The average molecular weight is 405 g/mol. The van der Waals surface area contributed by atoms with Crippen LogP contribution in [0.4, 0.5) is 10.1 Å². The molecule has 1 aliphatic rings. The van der Waals surface area contributed by atoms with E-state index in [0.717, 1.165) is 11.9 Å². The summed E-state index contributed by atoms with van der Waals surface area (Å²) in [7, 11) is 0. The summed E-state index contributed by atoms with van der Waals surface area (Å²) < 4.78 is 13.1. The molecule has 29 heavy (non-hydrogen) atoms. The van der Waals surface area contributed by atoms with Crippen LogP contribution < -0.4 is 21.5 Å². The molecule has 1 saturated heterocycles. The number of hydrogen-bond donors (Lipinski definition) is 4. The molecular formula is C18H20FN5O5. The molecule has 4 N–H and O–H groups in total. The number of carbonyl (C=O) groups excluding carboxylic acids is 2. The molecule has 1 fully saturated rings. The highest BCUT2D eigenvalue weighted by Gasteiger charge is 2.29. The molecule has 0 bridgehead atoms. The first-order valence-electron chi connectivity index (χ1n) is 8.92. The minimum atomic E-state index is -1.23. The van der Waals surface area contributed by atoms with E-state index in [1.807, 2.05) is 9.88 Å². The Hall–Kier alpha value is -3.47. The first-order chi connectivity index (χ1) is 13.9. The van der Waals surface area contributed by atoms with E-state index in [0.29, 0.717) is 26.2 Å². The minimum absolute atomic E-state index is 0.328. The maximum absolute atomic E-state index is 13.1. The molecule has 10 nitrogen and oxygen atoms in total. The second-order valence-electron chi connectivity index (χ2n) is 6.48. The molecule has 0 spiro atoms. The van der Waals surface area contributed by atoms with Crippen LogP contribution in [0, 0.1) is 5.82 Å². The van der Waals surface area contributed by atoms with Crippen LogP contribution in [0.15, 0.2) is 40.1 Å². The molecule has 0 saturated carbocycles. The van der Waals surface area contributed by atoms with Crippen LogP contribution in [0.5, 0.6) is 0 Å². The third-order valence-electron chi connectivity index (χ3n) is 4.63. The van der Waals surface area contributed by atoms with Gasteiger partial charge in [0.2, 0.25) is 5.91 Å². The number of halogens is 1. The van der Waals surface area contributed by atoms with Crippen LogP contribution in [-0.4, -0.2) is 70.6 Å². The van der Waals surface area contributed by atoms with Gasteiger partial charge in [0.1, 0.15) is 17.4 Å². The van der Waals surface area contributed by atoms with E-state index in [-0.39, 0.29) is 11.4 Å². The predicted molar refractivity (Wildman–Crippen MR) is 101 cm³/mol. The molecule has 1 aromatic heterocycles. The van der Waals surface area contributed by atoms with Crippen LogP contribution >= 0.6 is 0 Å². The van der Waals surface area contributed by atoms with Crippen molar-refractivity contribution in [2.45, 2.75) is 6.04 Å². The van der Waals surface area contributed by atoms with Crippen molar-refractivity contribution in [3.05, 3.63) is 62.7 Å². The molecule has 3 rings (SSSR count). The summed E-state index contributed by atoms with van der Waals surface area (Å²) in [5.74, 6) is -1.70. The molecule has 154 valence electrons. The minimum Gasteiger partial charge on any atom is -0.394 e. The zero-order chi connectivity index (χ0) is 21.0. The number of aliphatic hydroxyl groups excluding tert-OH is 1. The van der Waals surface area contributed by atoms with Gasteiger partial charge in [-0.1, -0.05) is 0 Å². The first kappa shape index (κ1) is 20.3. The first-order valence-corrected chi connectivity index (χ1v) is 8.92. The van der Waals surface area contributed by atoms with Gasteiger partial charge in [0, 0.05) is 38.1 Å². The average Bonchev–Trinajstić information content (AvgIpc) is 2.72. The van der Waals surface area contributed by atoms with Crippen LogP contribution in [0.3, 0.4) is 0 Å². The van der Waals surface area contributed by atoms with E-state index in [9.17, 15) is 28.7 Å². The van der Waals surface area contributed by atoms with Gasteiger partial charge in [0.15, 0.2) is 0 Å². The van der Waals surface area contributed by atoms with Gasteiger partial charge in [-0.25, -0.2) is 9.18 Å². The Bertz CT molecular complexity index is 995. The van der Waals surface area contributed by atoms with E-state index in [4.69, 9.17) is 0 Å². The van der Waals surface area contributed by atoms with E-state index >= 15 is 0 Å². The maximum atomic E-state index is 13.1. The van der Waals surface area contributed by atoms with Crippen molar-refractivity contribution in [1.82, 2.24) is 20.2 Å². The summed E-state index contributed by atoms with van der Waals surface area (Å²) in [6, 6.07) is 4.81. The summed E-state index contributed by atoms with van der Waals surface area (Å²) in [5, 5.41) is 11.9. The van der Waals surface area contributed by atoms with Crippen LogP contribution in [0.25, 0.3) is 0 Å². The Morgan fingerprint density at radius 2 is 1.79 bits per heavy atom. The number of hydrogen-bond acceptors (Lipinski definition) is 6. The SMILES string of the molecule is O=C(NC(CO)C(=O)N1CCN(c2ccc(F)cc2)CC1)c1c[nH]c(=O)[nH]c1=O. The number of nitrogens with zero attached hydrogens (tertiary/aromatic N) is 2. The molecule has 1 atom stereocenters. The number of H-pyrrole nitrogens is 2. The van der Waals surface area contributed by atoms with Crippen molar-refractivity contribution in [3.8, 4) is 0 Å². The number of nitrogens with one attached hydrogen (secondary N) is 3. The molecule has 0 radical (unpaired) electrons. The number of carbonyl (C=O) groups is 2. The van der Waals surface area contributed by atoms with Gasteiger partial charge < -0.3 is 25.2 Å². The lowest BCUT2D eigenvalue weighted by molar-refractivity contribution is -0.134. The topological polar surface area (TPSA) is 139 Å². The normalized spacial score (nSPS) is 15.1. The van der Waals surface area contributed by atoms with E-state index < -0.39 is 35.7 Å². The van der Waals surface area contributed by atoms with Gasteiger partial charge in [0.05, 0.1) is 6.61 Å². The number of amides is 2. The molecule has 1 aliphatic heterocycles. The molecule has 2 heterocycles. The zero-order valence-electron chi connectivity index (χ0n) is 15.4. The lowest BCUT2D eigenvalue weighted by Gasteiger charge is -2.37. The van der Waals surface area contributed by atoms with Crippen LogP contribution in [0.1, 0.15) is 10.4 Å². The second kappa shape index (κ2) is 8.69. The number of benzene rings is 1. The van der Waals surface area contributed by atoms with Gasteiger partial charge in [-0.2, -0.15) is 0 Å². The quantitative estimate of drug-likeness (QED) is 0.485. The fraction of sp³-hybridized carbons (Fsp3) is 0.333. The summed E-state index contributed by atoms with van der Waals surface area (Å²) in [6.45, 7) is 1.06. The van der Waals surface area contributed by atoms with Crippen molar-refractivity contribution >= 4 is 17.5 Å². The number of anilines is 1. The van der Waals surface area contributed by atoms with E-state index in [2.05, 4.69) is 10.3 Å². The summed E-state index contributed by atoms with van der Waals surface area (Å²) in [4.78, 5) is 55.2. The summed E-state index contributed by atoms with van der Waals surface area (Å²) in [6.07, 6.45) is 0.941. The summed E-state index contributed by atoms with van der Waals surface area (Å²) >= 11 is 0. The fourth-order valence-electron chi connectivity index (χ4n) is 3.06. The van der Waals surface area contributed by atoms with Gasteiger partial charge in [-0.15, -0.1) is 0 Å². The number of aliphatic hydroxyl groups is 1. The van der Waals surface area contributed by atoms with Crippen molar-refractivity contribution in [2.24, 2.45) is 0 Å². The Kier molecular flexibility index (Phi) is 6.07. The predicted octanol–water partition coefficient (Wildman–Crippen LogP) is -1.36. The molecular weight excluding hydrogens is 385 g/mol. The lowest BCUT2D eigenvalue weighted by Crippen LogP contribution is -2.56. The number of rotatable bonds is 5. The lowest BCUT2D eigenvalue weighted by atomic mass is 10.2. The largest absolute Gasteiger partial charge is 0.394 e. The number of aromatic amines is 2. The summed E-state index contributed by atoms with van der Waals surface area (Å²) in [5.41, 5.74) is -1.21. The molecule has 11 heteroatoms. The third kappa shape index (κ3) is 4.69. The number of piperazine rings is 1. The van der Waals surface area contributed by atoms with Gasteiger partial charge in [-0.3, -0.25) is 19.4 Å². The smallest absolute Gasteiger partial charge is 0.325 e. The third-order valence-corrected chi connectivity index (χ3v) is 4.63. The van der Waals surface area contributed by atoms with Crippen LogP contribution in [0.2, 0.25) is 0 Å². The van der Waals surface area contributed by atoms with Gasteiger partial charge in [0.25, 0.3) is 11.5 Å². The zero-order valence-corrected chi connectivity index (χ0v) is 15.4. The van der Waals surface area contributed by atoms with Crippen molar-refractivity contribution in [2.75, 3.05) is 37.7 Å². The molecule has 1 unspecified atom stereocenters. The van der Waals surface area contributed by atoms with Crippen molar-refractivity contribution in [1.29, 1.82) is 0 Å². The fourth-order valence-corrected chi connectivity index (χ4v) is 3.06. The second-order valence-corrected chi connectivity index (χ2v) is 6.48. The highest BCUT2D eigenvalue weighted by atomic mass is 19.1. The van der Waals surface area contributed by atoms with Crippen molar-refractivity contribution < 1.29 is 19.1 Å². The molecule has 2 amide bonds. The maximum Gasteiger partial charge on any atom is 0.325 e. The Balaban J connectivity index is 1.61. The highest BCUT2D eigenvalue weighted by Crippen LogP contribution is 2.17. The Labute approximate surface area is 164 Å². The van der Waals surface area contributed by atoms with E-state index in [1.54, 1.807) is 12.1 Å². The molecule has 2 aromatic rings. The standard InChI is InChI=1S/C18H20FN5O5/c19-11-1-3-12(4-2-11)23-5-7-24(8-6-23)17(28)14(10-25)21-15(26)13-9-20-18(29)22-16(13)27/h1-4,9,14,25H,5-8,10H2,(H,21,26)(H2,20,22,27,29). The van der Waals surface area contributed by atoms with Gasteiger partial charge in [-0.05, 0) is 24.3 Å². The highest BCUT2D eigenvalue weighted by molar-refractivity contribution is 5.97. The molecule has 0 aliphatic carbocycles. The monoisotopic (exact) mass is 405 g/mol. The van der Waals surface area contributed by atoms with Crippen molar-refractivity contribution in [3.63, 3.8) is 0 Å². The van der Waals surface area contributed by atoms with Crippen LogP contribution in [-0.2, 0) is 4.79 Å². The van der Waals surface area contributed by atoms with E-state index in [1.165, 1.54) is 17.0 Å². The number of aromatic nitrogens is 2. The Morgan fingerprint density at radius 3 is 2.38 bits per heavy atom.